The molecule has 2 aromatic heterocycles. The summed E-state index contributed by atoms with van der Waals surface area (Å²) in [7, 11) is 1.25. The van der Waals surface area contributed by atoms with Gasteiger partial charge in [-0.1, -0.05) is 63.6 Å². The Bertz CT molecular complexity index is 2370. The highest BCUT2D eigenvalue weighted by Gasteiger charge is 2.42. The van der Waals surface area contributed by atoms with Crippen LogP contribution in [0.5, 0.6) is 5.75 Å². The summed E-state index contributed by atoms with van der Waals surface area (Å²) in [6.07, 6.45) is -0.876. The van der Waals surface area contributed by atoms with Crippen molar-refractivity contribution in [2.75, 3.05) is 56.7 Å². The van der Waals surface area contributed by atoms with Gasteiger partial charge in [-0.15, -0.1) is 13.2 Å². The Morgan fingerprint density at radius 1 is 0.938 bits per heavy atom. The van der Waals surface area contributed by atoms with E-state index in [0.29, 0.717) is 87.1 Å². The summed E-state index contributed by atoms with van der Waals surface area (Å²) < 4.78 is 56.3. The van der Waals surface area contributed by atoms with E-state index in [0.717, 1.165) is 6.07 Å². The third-order valence-corrected chi connectivity index (χ3v) is 12.4. The summed E-state index contributed by atoms with van der Waals surface area (Å²) in [5.41, 5.74) is 1.21. The molecule has 7 rings (SSSR count). The average Bonchev–Trinajstić information content (AvgIpc) is 3.93. The highest BCUT2D eigenvalue weighted by molar-refractivity contribution is 6.34. The molecule has 0 spiro atoms. The Morgan fingerprint density at radius 3 is 2.28 bits per heavy atom. The molecule has 5 heterocycles. The van der Waals surface area contributed by atoms with E-state index in [9.17, 15) is 32.3 Å². The van der Waals surface area contributed by atoms with Gasteiger partial charge in [-0.05, 0) is 67.3 Å². The van der Waals surface area contributed by atoms with Crippen molar-refractivity contribution in [3.8, 4) is 28.1 Å². The van der Waals surface area contributed by atoms with Crippen LogP contribution in [0.1, 0.15) is 76.1 Å². The molecule has 4 aromatic rings. The molecule has 348 valence electrons. The van der Waals surface area contributed by atoms with Gasteiger partial charge in [-0.25, -0.2) is 14.8 Å². The topological polar surface area (TPSA) is 171 Å². The molecule has 0 radical (unpaired) electrons. The predicted molar refractivity (Wildman–Crippen MR) is 237 cm³/mol. The van der Waals surface area contributed by atoms with Gasteiger partial charge < -0.3 is 44.5 Å². The van der Waals surface area contributed by atoms with Gasteiger partial charge in [0, 0.05) is 68.7 Å². The van der Waals surface area contributed by atoms with Gasteiger partial charge >= 0.3 is 12.5 Å². The van der Waals surface area contributed by atoms with E-state index in [-0.39, 0.29) is 51.5 Å². The van der Waals surface area contributed by atoms with Crippen molar-refractivity contribution >= 4 is 46.9 Å². The SMILES string of the molecule is COC(=O)N[C@H](C(=O)N1C[C@@H](C)C[C@H]1c1ncc(-c2ccc(-c3cc(Cl)c(NC(=O)c4ccc(N5CCN(C(=O)C(C)(C)C)C[C@H]5C)nc4)cc3OC(F)(F)F)cc2)[nH]1)C1CCOCC1. The van der Waals surface area contributed by atoms with Crippen molar-refractivity contribution in [3.63, 3.8) is 0 Å². The lowest BCUT2D eigenvalue weighted by Gasteiger charge is -2.42. The van der Waals surface area contributed by atoms with Crippen LogP contribution in [-0.2, 0) is 19.1 Å². The highest BCUT2D eigenvalue weighted by Crippen LogP contribution is 2.41. The number of H-pyrrole nitrogens is 1. The monoisotopic (exact) mass is 922 g/mol. The first kappa shape index (κ1) is 47.1. The Balaban J connectivity index is 1.05. The summed E-state index contributed by atoms with van der Waals surface area (Å²) in [6, 6.07) is 11.0. The van der Waals surface area contributed by atoms with Crippen LogP contribution in [0, 0.1) is 17.3 Å². The number of alkyl halides is 3. The normalized spacial score (nSPS) is 20.0. The van der Waals surface area contributed by atoms with E-state index in [1.165, 1.54) is 19.4 Å². The lowest BCUT2D eigenvalue weighted by molar-refractivity contribution is -0.274. The molecule has 2 aromatic carbocycles. The maximum atomic E-state index is 14.1. The number of ether oxygens (including phenoxy) is 3. The number of hydrogen-bond donors (Lipinski definition) is 3. The standard InChI is InChI=1S/C46H54ClF3N8O7/c1-26-19-36(58(24-26)42(60)39(55-44(62)63-6)30-13-17-64-18-14-30)40-52-23-35(53-40)29-9-7-28(8-10-29)32-20-33(47)34(21-37(32)65-46(48,49)50)54-41(59)31-11-12-38(51-22-31)57-16-15-56(25-27(57)2)43(61)45(3,4)5/h7-12,20-23,26-27,30,36,39H,13-19,24-25H2,1-6H3,(H,52,53)(H,54,59)(H,55,62)/t26-,27+,36-,39-/m0/s1. The van der Waals surface area contributed by atoms with Crippen LogP contribution in [0.25, 0.3) is 22.4 Å². The Morgan fingerprint density at radius 2 is 1.65 bits per heavy atom. The first-order valence-corrected chi connectivity index (χ1v) is 22.0. The molecule has 3 aliphatic heterocycles. The van der Waals surface area contributed by atoms with Gasteiger partial charge in [-0.3, -0.25) is 14.4 Å². The van der Waals surface area contributed by atoms with Crippen LogP contribution in [-0.4, -0.2) is 114 Å². The number of benzene rings is 2. The van der Waals surface area contributed by atoms with Crippen molar-refractivity contribution in [2.24, 2.45) is 17.3 Å². The molecular formula is C46H54ClF3N8O7. The number of carbonyl (C=O) groups is 4. The number of hydrogen-bond acceptors (Lipinski definition) is 10. The number of imidazole rings is 1. The number of piperazine rings is 1. The number of aromatic nitrogens is 3. The number of pyridine rings is 1. The number of likely N-dealkylation sites (tertiary alicyclic amines) is 1. The van der Waals surface area contributed by atoms with E-state index in [1.54, 1.807) is 47.5 Å². The van der Waals surface area contributed by atoms with E-state index in [4.69, 9.17) is 21.1 Å². The lowest BCUT2D eigenvalue weighted by Crippen LogP contribution is -2.56. The zero-order chi connectivity index (χ0) is 46.8. The molecule has 0 aliphatic carbocycles. The smallest absolute Gasteiger partial charge is 0.453 e. The predicted octanol–water partition coefficient (Wildman–Crippen LogP) is 8.09. The number of aromatic amines is 1. The van der Waals surface area contributed by atoms with Crippen molar-refractivity contribution in [1.29, 1.82) is 0 Å². The molecule has 4 atom stereocenters. The minimum Gasteiger partial charge on any atom is -0.453 e. The summed E-state index contributed by atoms with van der Waals surface area (Å²) >= 11 is 6.62. The molecular weight excluding hydrogens is 869 g/mol. The van der Waals surface area contributed by atoms with E-state index < -0.39 is 41.6 Å². The van der Waals surface area contributed by atoms with Crippen LogP contribution in [0.3, 0.4) is 0 Å². The van der Waals surface area contributed by atoms with Crippen molar-refractivity contribution in [3.05, 3.63) is 77.3 Å². The number of rotatable bonds is 10. The van der Waals surface area contributed by atoms with E-state index in [2.05, 4.69) is 35.2 Å². The van der Waals surface area contributed by atoms with Crippen molar-refractivity contribution in [1.82, 2.24) is 30.1 Å². The number of nitrogens with zero attached hydrogens (tertiary/aromatic N) is 5. The molecule has 4 amide bonds. The van der Waals surface area contributed by atoms with Gasteiger partial charge in [0.15, 0.2) is 0 Å². The number of carbonyl (C=O) groups excluding carboxylic acids is 4. The molecule has 19 heteroatoms. The number of anilines is 2. The molecule has 0 saturated carbocycles. The first-order chi connectivity index (χ1) is 30.8. The first-order valence-electron chi connectivity index (χ1n) is 21.6. The minimum atomic E-state index is -5.06. The van der Waals surface area contributed by atoms with Crippen LogP contribution < -0.4 is 20.3 Å². The molecule has 0 unspecified atom stereocenters. The van der Waals surface area contributed by atoms with E-state index >= 15 is 0 Å². The maximum absolute atomic E-state index is 14.1. The number of nitrogens with one attached hydrogen (secondary N) is 3. The van der Waals surface area contributed by atoms with Gasteiger partial charge in [0.25, 0.3) is 5.91 Å². The zero-order valence-electron chi connectivity index (χ0n) is 37.1. The van der Waals surface area contributed by atoms with Gasteiger partial charge in [0.2, 0.25) is 11.8 Å². The minimum absolute atomic E-state index is 0.0281. The second-order valence-corrected chi connectivity index (χ2v) is 18.4. The summed E-state index contributed by atoms with van der Waals surface area (Å²) in [6.45, 7) is 12.8. The fourth-order valence-corrected chi connectivity index (χ4v) is 8.96. The van der Waals surface area contributed by atoms with Crippen LogP contribution >= 0.6 is 11.6 Å². The average molecular weight is 923 g/mol. The quantitative estimate of drug-likeness (QED) is 0.141. The van der Waals surface area contributed by atoms with Gasteiger partial charge in [0.05, 0.1) is 41.3 Å². The fraction of sp³-hybridized carbons (Fsp3) is 0.478. The lowest BCUT2D eigenvalue weighted by atomic mass is 9.90. The van der Waals surface area contributed by atoms with Crippen LogP contribution in [0.2, 0.25) is 5.02 Å². The number of methoxy groups -OCH3 is 1. The van der Waals surface area contributed by atoms with E-state index in [1.807, 2.05) is 39.5 Å². The molecule has 3 fully saturated rings. The maximum Gasteiger partial charge on any atom is 0.573 e. The number of halogens is 4. The summed E-state index contributed by atoms with van der Waals surface area (Å²) in [4.78, 5) is 70.7. The number of alkyl carbamates (subject to hydrolysis) is 1. The largest absolute Gasteiger partial charge is 0.573 e. The number of amides is 4. The third-order valence-electron chi connectivity index (χ3n) is 12.1. The molecule has 0 bridgehead atoms. The second kappa shape index (κ2) is 19.3. The summed E-state index contributed by atoms with van der Waals surface area (Å²) in [5.74, 6) is -0.174. The van der Waals surface area contributed by atoms with Crippen molar-refractivity contribution in [2.45, 2.75) is 78.4 Å². The van der Waals surface area contributed by atoms with Crippen molar-refractivity contribution < 1.29 is 46.6 Å². The molecule has 3 saturated heterocycles. The Labute approximate surface area is 380 Å². The second-order valence-electron chi connectivity index (χ2n) is 17.9. The Hall–Kier alpha value is -5.88. The van der Waals surface area contributed by atoms with Gasteiger partial charge in [0.1, 0.15) is 23.4 Å². The fourth-order valence-electron chi connectivity index (χ4n) is 8.75. The third kappa shape index (κ3) is 11.0. The van der Waals surface area contributed by atoms with Gasteiger partial charge in [-0.2, -0.15) is 0 Å². The Kier molecular flexibility index (Phi) is 14.0. The molecule has 65 heavy (non-hydrogen) atoms. The molecule has 3 N–H and O–H groups in total. The zero-order valence-corrected chi connectivity index (χ0v) is 37.9. The van der Waals surface area contributed by atoms with Crippen LogP contribution in [0.15, 0.2) is 60.9 Å². The summed E-state index contributed by atoms with van der Waals surface area (Å²) in [5, 5.41) is 5.32. The molecule has 15 nitrogen and oxygen atoms in total. The molecule has 3 aliphatic rings. The highest BCUT2D eigenvalue weighted by atomic mass is 35.5. The van der Waals surface area contributed by atoms with Crippen LogP contribution in [0.4, 0.5) is 29.5 Å².